The van der Waals surface area contributed by atoms with Gasteiger partial charge in [-0.05, 0) is 30.3 Å². The molecule has 0 spiro atoms. The molecule has 0 aliphatic carbocycles. The van der Waals surface area contributed by atoms with Crippen LogP contribution in [0.25, 0.3) is 22.0 Å². The fourth-order valence-electron chi connectivity index (χ4n) is 2.63. The number of hydrogen-bond donors (Lipinski definition) is 2. The Kier molecular flexibility index (Phi) is 4.00. The summed E-state index contributed by atoms with van der Waals surface area (Å²) < 4.78 is 11.1. The van der Waals surface area contributed by atoms with Crippen LogP contribution in [0.3, 0.4) is 0 Å². The third-order valence-electron chi connectivity index (χ3n) is 3.66. The number of aromatic hydroxyl groups is 1. The normalized spacial score (nSPS) is 10.7. The molecule has 2 N–H and O–H groups in total. The van der Waals surface area contributed by atoms with Gasteiger partial charge >= 0.3 is 5.97 Å². The molecule has 5 nitrogen and oxygen atoms in total. The van der Waals surface area contributed by atoms with Crippen LogP contribution in [0, 0.1) is 0 Å². The number of nitrogens with one attached hydrogen (secondary N) is 1. The summed E-state index contributed by atoms with van der Waals surface area (Å²) in [5.41, 5.74) is 2.46. The molecule has 1 heterocycles. The summed E-state index contributed by atoms with van der Waals surface area (Å²) in [5, 5.41) is 11.0. The fraction of sp³-hybridized carbons (Fsp3) is 0.118. The largest absolute Gasteiger partial charge is 0.504 e. The molecule has 0 saturated heterocycles. The van der Waals surface area contributed by atoms with Crippen LogP contribution in [-0.2, 0) is 4.74 Å². The third-order valence-corrected chi connectivity index (χ3v) is 4.15. The van der Waals surface area contributed by atoms with Gasteiger partial charge in [-0.1, -0.05) is 15.9 Å². The van der Waals surface area contributed by atoms with Crippen LogP contribution in [0.5, 0.6) is 11.5 Å². The van der Waals surface area contributed by atoms with Gasteiger partial charge in [0.1, 0.15) is 0 Å². The lowest BCUT2D eigenvalue weighted by Crippen LogP contribution is -2.05. The van der Waals surface area contributed by atoms with E-state index in [-0.39, 0.29) is 11.5 Å². The van der Waals surface area contributed by atoms with Crippen LogP contribution in [0.1, 0.15) is 10.4 Å². The molecule has 0 unspecified atom stereocenters. The Morgan fingerprint density at radius 3 is 2.70 bits per heavy atom. The van der Waals surface area contributed by atoms with Gasteiger partial charge in [0.2, 0.25) is 0 Å². The first kappa shape index (κ1) is 15.4. The molecule has 0 radical (unpaired) electrons. The van der Waals surface area contributed by atoms with Crippen molar-refractivity contribution in [3.05, 3.63) is 46.6 Å². The van der Waals surface area contributed by atoms with Gasteiger partial charge in [0.25, 0.3) is 0 Å². The van der Waals surface area contributed by atoms with Crippen LogP contribution in [0.2, 0.25) is 0 Å². The molecule has 0 atom stereocenters. The Morgan fingerprint density at radius 2 is 2.00 bits per heavy atom. The average Bonchev–Trinajstić information content (AvgIpc) is 2.96. The number of rotatable bonds is 3. The van der Waals surface area contributed by atoms with Crippen molar-refractivity contribution in [2.24, 2.45) is 0 Å². The standard InChI is InChI=1S/C17H14BrNO4/c1-22-16-14(20)6-4-10(17(21)23-2)15(16)12-8-19-13-5-3-9(18)7-11(12)13/h3-8,19-20H,1-2H3. The SMILES string of the molecule is COC(=O)c1ccc(O)c(OC)c1-c1c[nH]c2ccc(Br)cc12. The molecule has 2 aromatic carbocycles. The number of benzene rings is 2. The first-order chi connectivity index (χ1) is 11.1. The van der Waals surface area contributed by atoms with E-state index in [4.69, 9.17) is 9.47 Å². The van der Waals surface area contributed by atoms with Crippen molar-refractivity contribution in [1.82, 2.24) is 4.98 Å². The minimum absolute atomic E-state index is 0.0421. The first-order valence-electron chi connectivity index (χ1n) is 6.82. The van der Waals surface area contributed by atoms with E-state index in [1.54, 1.807) is 6.20 Å². The lowest BCUT2D eigenvalue weighted by Gasteiger charge is -2.14. The number of hydrogen-bond acceptors (Lipinski definition) is 4. The predicted octanol–water partition coefficient (Wildman–Crippen LogP) is 4.10. The van der Waals surface area contributed by atoms with Gasteiger partial charge in [-0.15, -0.1) is 0 Å². The van der Waals surface area contributed by atoms with Crippen molar-refractivity contribution in [3.63, 3.8) is 0 Å². The number of esters is 1. The Hall–Kier alpha value is -2.47. The van der Waals surface area contributed by atoms with Crippen LogP contribution in [0.15, 0.2) is 41.0 Å². The zero-order valence-electron chi connectivity index (χ0n) is 12.5. The summed E-state index contributed by atoms with van der Waals surface area (Å²) in [7, 11) is 2.77. The minimum Gasteiger partial charge on any atom is -0.504 e. The number of fused-ring (bicyclic) bond motifs is 1. The van der Waals surface area contributed by atoms with Crippen molar-refractivity contribution in [2.75, 3.05) is 14.2 Å². The number of phenolic OH excluding ortho intramolecular Hbond substituents is 1. The van der Waals surface area contributed by atoms with Gasteiger partial charge in [0.05, 0.1) is 19.8 Å². The molecule has 118 valence electrons. The van der Waals surface area contributed by atoms with Crippen LogP contribution in [-0.4, -0.2) is 30.3 Å². The highest BCUT2D eigenvalue weighted by molar-refractivity contribution is 9.10. The smallest absolute Gasteiger partial charge is 0.338 e. The van der Waals surface area contributed by atoms with Gasteiger partial charge in [-0.3, -0.25) is 0 Å². The fourth-order valence-corrected chi connectivity index (χ4v) is 2.99. The van der Waals surface area contributed by atoms with Crippen molar-refractivity contribution < 1.29 is 19.4 Å². The maximum atomic E-state index is 12.1. The van der Waals surface area contributed by atoms with Crippen LogP contribution < -0.4 is 4.74 Å². The number of halogens is 1. The summed E-state index contributed by atoms with van der Waals surface area (Å²) in [5.74, 6) is -0.309. The Morgan fingerprint density at radius 1 is 1.22 bits per heavy atom. The molecule has 0 aliphatic heterocycles. The second kappa shape index (κ2) is 5.96. The molecule has 0 bridgehead atoms. The van der Waals surface area contributed by atoms with E-state index >= 15 is 0 Å². The molecule has 3 rings (SSSR count). The molecule has 23 heavy (non-hydrogen) atoms. The molecule has 1 aromatic heterocycles. The van der Waals surface area contributed by atoms with E-state index in [1.807, 2.05) is 18.2 Å². The number of phenols is 1. The van der Waals surface area contributed by atoms with Gasteiger partial charge in [0.15, 0.2) is 11.5 Å². The third kappa shape index (κ3) is 2.55. The highest BCUT2D eigenvalue weighted by Gasteiger charge is 2.23. The number of carbonyl (C=O) groups excluding carboxylic acids is 1. The summed E-state index contributed by atoms with van der Waals surface area (Å²) in [6.45, 7) is 0. The highest BCUT2D eigenvalue weighted by atomic mass is 79.9. The molecular formula is C17H14BrNO4. The van der Waals surface area contributed by atoms with E-state index < -0.39 is 5.97 Å². The van der Waals surface area contributed by atoms with E-state index in [1.165, 1.54) is 26.4 Å². The summed E-state index contributed by atoms with van der Waals surface area (Å²) in [4.78, 5) is 15.3. The van der Waals surface area contributed by atoms with Crippen LogP contribution >= 0.6 is 15.9 Å². The first-order valence-corrected chi connectivity index (χ1v) is 7.61. The molecule has 0 saturated carbocycles. The second-order valence-corrected chi connectivity index (χ2v) is 5.84. The van der Waals surface area contributed by atoms with Gasteiger partial charge in [-0.2, -0.15) is 0 Å². The van der Waals surface area contributed by atoms with Crippen molar-refractivity contribution in [1.29, 1.82) is 0 Å². The van der Waals surface area contributed by atoms with E-state index in [0.717, 1.165) is 20.9 Å². The highest BCUT2D eigenvalue weighted by Crippen LogP contribution is 2.43. The van der Waals surface area contributed by atoms with E-state index in [0.29, 0.717) is 11.1 Å². The van der Waals surface area contributed by atoms with E-state index in [2.05, 4.69) is 20.9 Å². The van der Waals surface area contributed by atoms with Crippen LogP contribution in [0.4, 0.5) is 0 Å². The van der Waals surface area contributed by atoms with E-state index in [9.17, 15) is 9.90 Å². The van der Waals surface area contributed by atoms with Crippen molar-refractivity contribution in [3.8, 4) is 22.6 Å². The van der Waals surface area contributed by atoms with Crippen molar-refractivity contribution in [2.45, 2.75) is 0 Å². The zero-order valence-corrected chi connectivity index (χ0v) is 14.1. The number of aromatic amines is 1. The summed E-state index contributed by atoms with van der Waals surface area (Å²) in [6, 6.07) is 8.72. The minimum atomic E-state index is -0.498. The number of ether oxygens (including phenoxy) is 2. The molecule has 6 heteroatoms. The molecular weight excluding hydrogens is 362 g/mol. The number of aromatic nitrogens is 1. The summed E-state index contributed by atoms with van der Waals surface area (Å²) >= 11 is 3.45. The second-order valence-electron chi connectivity index (χ2n) is 4.92. The monoisotopic (exact) mass is 375 g/mol. The average molecular weight is 376 g/mol. The quantitative estimate of drug-likeness (QED) is 0.676. The molecule has 0 fully saturated rings. The maximum absolute atomic E-state index is 12.1. The topological polar surface area (TPSA) is 71.6 Å². The van der Waals surface area contributed by atoms with Gasteiger partial charge in [0, 0.05) is 32.7 Å². The summed E-state index contributed by atoms with van der Waals surface area (Å²) in [6.07, 6.45) is 1.78. The Bertz CT molecular complexity index is 901. The zero-order chi connectivity index (χ0) is 16.6. The number of methoxy groups -OCH3 is 2. The maximum Gasteiger partial charge on any atom is 0.338 e. The molecule has 3 aromatic rings. The number of H-pyrrole nitrogens is 1. The predicted molar refractivity (Wildman–Crippen MR) is 91.0 cm³/mol. The lowest BCUT2D eigenvalue weighted by molar-refractivity contribution is 0.0601. The number of carbonyl (C=O) groups is 1. The lowest BCUT2D eigenvalue weighted by atomic mass is 9.97. The Labute approximate surface area is 141 Å². The Balaban J connectivity index is 2.38. The van der Waals surface area contributed by atoms with Gasteiger partial charge in [-0.25, -0.2) is 4.79 Å². The van der Waals surface area contributed by atoms with Gasteiger partial charge < -0.3 is 19.6 Å². The van der Waals surface area contributed by atoms with Crippen molar-refractivity contribution >= 4 is 32.8 Å². The molecule has 0 aliphatic rings. The molecule has 0 amide bonds.